The topological polar surface area (TPSA) is 60.2 Å². The minimum atomic E-state index is -0.397. The summed E-state index contributed by atoms with van der Waals surface area (Å²) in [5, 5.41) is 7.09. The maximum absolute atomic E-state index is 13.7. The van der Waals surface area contributed by atoms with E-state index in [2.05, 4.69) is 31.4 Å². The molecule has 7 heteroatoms. The average molecular weight is 328 g/mol. The van der Waals surface area contributed by atoms with E-state index in [1.165, 1.54) is 6.07 Å². The van der Waals surface area contributed by atoms with Crippen LogP contribution in [0.25, 0.3) is 11.5 Å². The van der Waals surface area contributed by atoms with Crippen molar-refractivity contribution in [2.24, 2.45) is 0 Å². The summed E-state index contributed by atoms with van der Waals surface area (Å²) < 4.78 is 24.9. The van der Waals surface area contributed by atoms with Gasteiger partial charge >= 0.3 is 0 Å². The van der Waals surface area contributed by atoms with Crippen molar-refractivity contribution >= 4 is 15.9 Å². The van der Waals surface area contributed by atoms with Crippen LogP contribution >= 0.6 is 15.9 Å². The van der Waals surface area contributed by atoms with Gasteiger partial charge in [-0.3, -0.25) is 0 Å². The number of nitrogens with zero attached hydrogens (tertiary/aromatic N) is 2. The lowest BCUT2D eigenvalue weighted by molar-refractivity contribution is 0.0734. The molecule has 2 aromatic rings. The Kier molecular flexibility index (Phi) is 3.58. The van der Waals surface area contributed by atoms with Gasteiger partial charge in [0.25, 0.3) is 5.89 Å². The summed E-state index contributed by atoms with van der Waals surface area (Å²) in [4.78, 5) is 4.22. The van der Waals surface area contributed by atoms with E-state index in [0.717, 1.165) is 11.0 Å². The lowest BCUT2D eigenvalue weighted by atomic mass is 10.2. The minimum absolute atomic E-state index is 0.110. The summed E-state index contributed by atoms with van der Waals surface area (Å²) in [5.74, 6) is 0.251. The summed E-state index contributed by atoms with van der Waals surface area (Å²) in [7, 11) is 0. The number of hydrogen-bond donors (Lipinski definition) is 1. The number of ether oxygens (including phenoxy) is 1. The average Bonchev–Trinajstić information content (AvgIpc) is 2.92. The molecule has 19 heavy (non-hydrogen) atoms. The summed E-state index contributed by atoms with van der Waals surface area (Å²) >= 11 is 3.29. The van der Waals surface area contributed by atoms with E-state index in [1.54, 1.807) is 12.1 Å². The highest BCUT2D eigenvalue weighted by Gasteiger charge is 2.22. The van der Waals surface area contributed by atoms with Crippen molar-refractivity contribution in [3.63, 3.8) is 0 Å². The quantitative estimate of drug-likeness (QED) is 0.917. The Morgan fingerprint density at radius 1 is 1.42 bits per heavy atom. The first-order valence-corrected chi connectivity index (χ1v) is 6.63. The highest BCUT2D eigenvalue weighted by atomic mass is 79.9. The molecule has 1 N–H and O–H groups in total. The lowest BCUT2D eigenvalue weighted by Crippen LogP contribution is -2.35. The zero-order valence-corrected chi connectivity index (χ0v) is 11.5. The molecule has 1 unspecified atom stereocenters. The van der Waals surface area contributed by atoms with Crippen molar-refractivity contribution < 1.29 is 13.7 Å². The van der Waals surface area contributed by atoms with Gasteiger partial charge in [-0.05, 0) is 18.2 Å². The Morgan fingerprint density at radius 2 is 2.32 bits per heavy atom. The predicted molar refractivity (Wildman–Crippen MR) is 69.0 cm³/mol. The molecule has 5 nitrogen and oxygen atoms in total. The van der Waals surface area contributed by atoms with Gasteiger partial charge in [0, 0.05) is 11.0 Å². The molecule has 3 rings (SSSR count). The van der Waals surface area contributed by atoms with Crippen molar-refractivity contribution in [3.8, 4) is 11.5 Å². The molecule has 0 saturated carbocycles. The van der Waals surface area contributed by atoms with E-state index in [9.17, 15) is 4.39 Å². The predicted octanol–water partition coefficient (Wildman–Crippen LogP) is 2.30. The van der Waals surface area contributed by atoms with Crippen molar-refractivity contribution in [1.29, 1.82) is 0 Å². The standard InChI is InChI=1S/C12H11BrFN3O2/c13-7-1-2-9(14)8(5-7)12-16-11(17-19-12)10-6-18-4-3-15-10/h1-2,5,10,15H,3-4,6H2. The number of benzene rings is 1. The van der Waals surface area contributed by atoms with Crippen LogP contribution < -0.4 is 5.32 Å². The van der Waals surface area contributed by atoms with Gasteiger partial charge in [-0.1, -0.05) is 21.1 Å². The van der Waals surface area contributed by atoms with Crippen molar-refractivity contribution in [2.75, 3.05) is 19.8 Å². The summed E-state index contributed by atoms with van der Waals surface area (Å²) in [5.41, 5.74) is 0.282. The fourth-order valence-corrected chi connectivity index (χ4v) is 2.24. The van der Waals surface area contributed by atoms with E-state index < -0.39 is 5.82 Å². The number of halogens is 2. The Balaban J connectivity index is 1.89. The summed E-state index contributed by atoms with van der Waals surface area (Å²) in [6.45, 7) is 1.89. The minimum Gasteiger partial charge on any atom is -0.378 e. The molecular formula is C12H11BrFN3O2. The second-order valence-corrected chi connectivity index (χ2v) is 5.08. The van der Waals surface area contributed by atoms with Gasteiger partial charge in [0.1, 0.15) is 5.82 Å². The van der Waals surface area contributed by atoms with Gasteiger partial charge in [-0.25, -0.2) is 4.39 Å². The fraction of sp³-hybridized carbons (Fsp3) is 0.333. The molecule has 1 saturated heterocycles. The van der Waals surface area contributed by atoms with Crippen molar-refractivity contribution in [1.82, 2.24) is 15.5 Å². The van der Waals surface area contributed by atoms with Crippen LogP contribution in [0.5, 0.6) is 0 Å². The fourth-order valence-electron chi connectivity index (χ4n) is 1.88. The van der Waals surface area contributed by atoms with E-state index in [4.69, 9.17) is 9.26 Å². The van der Waals surface area contributed by atoms with E-state index in [-0.39, 0.29) is 17.5 Å². The SMILES string of the molecule is Fc1ccc(Br)cc1-c1nc(C2COCCN2)no1. The van der Waals surface area contributed by atoms with Crippen LogP contribution in [0, 0.1) is 5.82 Å². The molecule has 0 bridgehead atoms. The molecule has 0 spiro atoms. The molecule has 1 atom stereocenters. The van der Waals surface area contributed by atoms with Crippen LogP contribution in [0.15, 0.2) is 27.2 Å². The first kappa shape index (κ1) is 12.7. The first-order chi connectivity index (χ1) is 9.24. The molecule has 2 heterocycles. The van der Waals surface area contributed by atoms with E-state index >= 15 is 0 Å². The highest BCUT2D eigenvalue weighted by molar-refractivity contribution is 9.10. The Hall–Kier alpha value is -1.31. The normalized spacial score (nSPS) is 19.6. The zero-order valence-electron chi connectivity index (χ0n) is 9.90. The third-order valence-corrected chi connectivity index (χ3v) is 3.33. The number of aromatic nitrogens is 2. The highest BCUT2D eigenvalue weighted by Crippen LogP contribution is 2.26. The number of hydrogen-bond acceptors (Lipinski definition) is 5. The summed E-state index contributed by atoms with van der Waals surface area (Å²) in [6.07, 6.45) is 0. The molecule has 1 fully saturated rings. The van der Waals surface area contributed by atoms with Crippen molar-refractivity contribution in [2.45, 2.75) is 6.04 Å². The van der Waals surface area contributed by atoms with Gasteiger partial charge in [0.05, 0.1) is 24.8 Å². The maximum atomic E-state index is 13.7. The Labute approximate surface area is 117 Å². The largest absolute Gasteiger partial charge is 0.378 e. The van der Waals surface area contributed by atoms with Crippen LogP contribution in [0.4, 0.5) is 4.39 Å². The van der Waals surface area contributed by atoms with Gasteiger partial charge in [-0.15, -0.1) is 0 Å². The van der Waals surface area contributed by atoms with E-state index in [1.807, 2.05) is 0 Å². The van der Waals surface area contributed by atoms with Crippen molar-refractivity contribution in [3.05, 3.63) is 34.3 Å². The van der Waals surface area contributed by atoms with Gasteiger partial charge in [0.15, 0.2) is 5.82 Å². The maximum Gasteiger partial charge on any atom is 0.260 e. The van der Waals surface area contributed by atoms with Crippen LogP contribution in [-0.4, -0.2) is 29.9 Å². The molecular weight excluding hydrogens is 317 g/mol. The second kappa shape index (κ2) is 5.36. The molecule has 1 aliphatic heterocycles. The molecule has 0 amide bonds. The molecule has 0 aliphatic carbocycles. The second-order valence-electron chi connectivity index (χ2n) is 4.16. The Bertz CT molecular complexity index is 584. The van der Waals surface area contributed by atoms with Crippen LogP contribution in [0.3, 0.4) is 0 Å². The number of nitrogens with one attached hydrogen (secondary N) is 1. The summed E-state index contributed by atoms with van der Waals surface area (Å²) in [6, 6.07) is 4.47. The molecule has 0 radical (unpaired) electrons. The Morgan fingerprint density at radius 3 is 3.11 bits per heavy atom. The van der Waals surface area contributed by atoms with E-state index in [0.29, 0.717) is 19.0 Å². The van der Waals surface area contributed by atoms with Gasteiger partial charge in [-0.2, -0.15) is 4.98 Å². The number of morpholine rings is 1. The zero-order chi connectivity index (χ0) is 13.2. The molecule has 100 valence electrons. The van der Waals surface area contributed by atoms with Crippen LogP contribution in [-0.2, 0) is 4.74 Å². The third-order valence-electron chi connectivity index (χ3n) is 2.83. The number of rotatable bonds is 2. The van der Waals surface area contributed by atoms with Crippen LogP contribution in [0.2, 0.25) is 0 Å². The lowest BCUT2D eigenvalue weighted by Gasteiger charge is -2.20. The third kappa shape index (κ3) is 2.68. The van der Waals surface area contributed by atoms with Gasteiger partial charge in [0.2, 0.25) is 0 Å². The molecule has 1 aliphatic rings. The smallest absolute Gasteiger partial charge is 0.260 e. The molecule has 1 aromatic carbocycles. The van der Waals surface area contributed by atoms with Crippen LogP contribution in [0.1, 0.15) is 11.9 Å². The monoisotopic (exact) mass is 327 g/mol. The van der Waals surface area contributed by atoms with Gasteiger partial charge < -0.3 is 14.6 Å². The molecule has 1 aromatic heterocycles. The first-order valence-electron chi connectivity index (χ1n) is 5.84.